The van der Waals surface area contributed by atoms with Crippen molar-refractivity contribution in [3.63, 3.8) is 0 Å². The van der Waals surface area contributed by atoms with Gasteiger partial charge in [-0.15, -0.1) is 0 Å². The van der Waals surface area contributed by atoms with Crippen LogP contribution >= 0.6 is 0 Å². The Balaban J connectivity index is 1.80. The van der Waals surface area contributed by atoms with E-state index in [1.165, 1.54) is 13.8 Å². The zero-order valence-electron chi connectivity index (χ0n) is 16.8. The molecule has 1 aromatic heterocycles. The number of rotatable bonds is 6. The van der Waals surface area contributed by atoms with Crippen molar-refractivity contribution in [2.45, 2.75) is 26.7 Å². The van der Waals surface area contributed by atoms with Gasteiger partial charge in [0.2, 0.25) is 0 Å². The summed E-state index contributed by atoms with van der Waals surface area (Å²) in [5.41, 5.74) is 7.14. The van der Waals surface area contributed by atoms with Crippen LogP contribution in [0.25, 0.3) is 0 Å². The van der Waals surface area contributed by atoms with Gasteiger partial charge < -0.3 is 9.68 Å². The van der Waals surface area contributed by atoms with Crippen LogP contribution in [-0.2, 0) is 19.3 Å². The lowest BCUT2D eigenvalue weighted by Gasteiger charge is -2.11. The molecule has 0 bridgehead atoms. The molecule has 2 aliphatic carbocycles. The van der Waals surface area contributed by atoms with Crippen LogP contribution in [0.15, 0.2) is 64.0 Å². The lowest BCUT2D eigenvalue weighted by molar-refractivity contribution is -0.147. The predicted molar refractivity (Wildman–Crippen MR) is 110 cm³/mol. The molecular weight excluding hydrogens is 407 g/mol. The van der Waals surface area contributed by atoms with Gasteiger partial charge in [-0.1, -0.05) is 12.2 Å². The number of hydrogen-bond donors (Lipinski definition) is 2. The first-order valence-corrected chi connectivity index (χ1v) is 9.20. The van der Waals surface area contributed by atoms with Crippen LogP contribution in [0.4, 0.5) is 16.2 Å². The van der Waals surface area contributed by atoms with E-state index in [1.807, 2.05) is 6.08 Å². The second-order valence-corrected chi connectivity index (χ2v) is 6.36. The summed E-state index contributed by atoms with van der Waals surface area (Å²) in [4.78, 5) is 47.7. The van der Waals surface area contributed by atoms with Crippen molar-refractivity contribution in [2.24, 2.45) is 9.98 Å². The molecule has 0 amide bonds. The maximum atomic E-state index is 14.2. The number of aromatic nitrogens is 2. The van der Waals surface area contributed by atoms with E-state index in [1.54, 1.807) is 30.4 Å². The van der Waals surface area contributed by atoms with E-state index in [-0.39, 0.29) is 11.8 Å². The van der Waals surface area contributed by atoms with Crippen molar-refractivity contribution in [3.05, 3.63) is 59.9 Å². The van der Waals surface area contributed by atoms with Crippen LogP contribution in [0.1, 0.15) is 26.7 Å². The van der Waals surface area contributed by atoms with E-state index in [4.69, 9.17) is 9.68 Å². The molecule has 31 heavy (non-hydrogen) atoms. The zero-order valence-corrected chi connectivity index (χ0v) is 16.8. The summed E-state index contributed by atoms with van der Waals surface area (Å²) in [5, 5.41) is 0. The fourth-order valence-corrected chi connectivity index (χ4v) is 2.46. The fraction of sp³-hybridized carbons (Fsp3) is 0.200. The molecule has 3 rings (SSSR count). The second-order valence-electron chi connectivity index (χ2n) is 6.36. The monoisotopic (exact) mass is 426 g/mol. The molecule has 0 radical (unpaired) electrons. The SMILES string of the molecule is CC(=O)ONC1=CC(=Nc2ncc(F)c(N=C3C=CCC(NOC(C)=O)=C3)n2)C=CC1. The van der Waals surface area contributed by atoms with Crippen molar-refractivity contribution >= 4 is 35.1 Å². The summed E-state index contributed by atoms with van der Waals surface area (Å²) in [6, 6.07) is 0. The molecule has 2 N–H and O–H groups in total. The molecular formula is C20H19FN6O4. The molecule has 0 unspecified atom stereocenters. The summed E-state index contributed by atoms with van der Waals surface area (Å²) in [6.07, 6.45) is 12.3. The van der Waals surface area contributed by atoms with Crippen LogP contribution in [0.3, 0.4) is 0 Å². The minimum Gasteiger partial charge on any atom is -0.344 e. The molecule has 160 valence electrons. The number of hydroxylamine groups is 2. The fourth-order valence-electron chi connectivity index (χ4n) is 2.46. The highest BCUT2D eigenvalue weighted by Crippen LogP contribution is 2.20. The Bertz CT molecular complexity index is 1070. The number of allylic oxidation sites excluding steroid dienone is 6. The summed E-state index contributed by atoms with van der Waals surface area (Å²) >= 11 is 0. The molecule has 0 spiro atoms. The van der Waals surface area contributed by atoms with Crippen LogP contribution in [0.2, 0.25) is 0 Å². The molecule has 10 nitrogen and oxygen atoms in total. The third-order valence-electron chi connectivity index (χ3n) is 3.73. The van der Waals surface area contributed by atoms with Gasteiger partial charge >= 0.3 is 11.9 Å². The summed E-state index contributed by atoms with van der Waals surface area (Å²) in [6.45, 7) is 2.55. The number of carbonyl (C=O) groups excluding carboxylic acids is 2. The second kappa shape index (κ2) is 10.1. The lowest BCUT2D eigenvalue weighted by Crippen LogP contribution is -2.19. The molecule has 0 fully saturated rings. The van der Waals surface area contributed by atoms with Gasteiger partial charge in [0.05, 0.1) is 29.0 Å². The van der Waals surface area contributed by atoms with Crippen molar-refractivity contribution in [2.75, 3.05) is 0 Å². The van der Waals surface area contributed by atoms with E-state index in [0.29, 0.717) is 35.7 Å². The molecule has 2 aliphatic rings. The molecule has 1 heterocycles. The minimum absolute atomic E-state index is 0.00687. The Kier molecular flexibility index (Phi) is 6.99. The highest BCUT2D eigenvalue weighted by molar-refractivity contribution is 6.07. The maximum absolute atomic E-state index is 14.2. The average molecular weight is 426 g/mol. The summed E-state index contributed by atoms with van der Waals surface area (Å²) < 4.78 is 14.2. The van der Waals surface area contributed by atoms with Gasteiger partial charge in [-0.2, -0.15) is 4.98 Å². The highest BCUT2D eigenvalue weighted by Gasteiger charge is 2.11. The Morgan fingerprint density at radius 3 is 2.06 bits per heavy atom. The molecule has 11 heteroatoms. The number of hydrogen-bond acceptors (Lipinski definition) is 10. The third kappa shape index (κ3) is 6.70. The van der Waals surface area contributed by atoms with E-state index >= 15 is 0 Å². The van der Waals surface area contributed by atoms with Gasteiger partial charge in [-0.05, 0) is 24.3 Å². The van der Waals surface area contributed by atoms with Crippen molar-refractivity contribution in [3.8, 4) is 0 Å². The summed E-state index contributed by atoms with van der Waals surface area (Å²) in [7, 11) is 0. The van der Waals surface area contributed by atoms with Crippen LogP contribution in [0.5, 0.6) is 0 Å². The number of nitrogens with zero attached hydrogens (tertiary/aromatic N) is 4. The maximum Gasteiger partial charge on any atom is 0.329 e. The van der Waals surface area contributed by atoms with Crippen LogP contribution in [0, 0.1) is 5.82 Å². The normalized spacial score (nSPS) is 17.8. The molecule has 1 aromatic rings. The standard InChI is InChI=1S/C20H19FN6O4/c1-12(28)30-26-16-7-3-5-14(9-16)23-19-18(21)11-22-20(25-19)24-15-6-4-8-17(10-15)27-31-13(2)29/h3-6,9-11,26-27H,7-8H2,1-2H3. The summed E-state index contributed by atoms with van der Waals surface area (Å²) in [5.74, 6) is -1.87. The Hall–Kier alpha value is -4.15. The third-order valence-corrected chi connectivity index (χ3v) is 3.73. The van der Waals surface area contributed by atoms with Gasteiger partial charge in [-0.3, -0.25) is 9.59 Å². The number of nitrogens with one attached hydrogen (secondary N) is 2. The molecule has 0 saturated carbocycles. The van der Waals surface area contributed by atoms with Gasteiger partial charge in [0, 0.05) is 26.7 Å². The highest BCUT2D eigenvalue weighted by atomic mass is 19.1. The molecule has 0 aromatic carbocycles. The van der Waals surface area contributed by atoms with Crippen molar-refractivity contribution in [1.82, 2.24) is 20.9 Å². The van der Waals surface area contributed by atoms with E-state index in [2.05, 4.69) is 30.9 Å². The van der Waals surface area contributed by atoms with E-state index in [0.717, 1.165) is 6.20 Å². The van der Waals surface area contributed by atoms with Crippen molar-refractivity contribution in [1.29, 1.82) is 0 Å². The number of carbonyl (C=O) groups is 2. The van der Waals surface area contributed by atoms with Crippen LogP contribution in [-0.4, -0.2) is 33.3 Å². The van der Waals surface area contributed by atoms with Gasteiger partial charge in [0.25, 0.3) is 5.95 Å². The Labute approximate surface area is 176 Å². The smallest absolute Gasteiger partial charge is 0.329 e. The van der Waals surface area contributed by atoms with Gasteiger partial charge in [0.1, 0.15) is 0 Å². The first kappa shape index (κ1) is 21.6. The number of aliphatic imine (C=N–C) groups is 2. The topological polar surface area (TPSA) is 127 Å². The Morgan fingerprint density at radius 2 is 1.52 bits per heavy atom. The number of halogens is 1. The molecule has 0 saturated heterocycles. The van der Waals surface area contributed by atoms with E-state index in [9.17, 15) is 14.0 Å². The predicted octanol–water partition coefficient (Wildman–Crippen LogP) is 2.58. The largest absolute Gasteiger partial charge is 0.344 e. The first-order chi connectivity index (χ1) is 14.9. The van der Waals surface area contributed by atoms with E-state index < -0.39 is 17.8 Å². The van der Waals surface area contributed by atoms with Crippen LogP contribution < -0.4 is 11.0 Å². The lowest BCUT2D eigenvalue weighted by atomic mass is 10.1. The molecule has 0 aliphatic heterocycles. The van der Waals surface area contributed by atoms with Gasteiger partial charge in [0.15, 0.2) is 11.6 Å². The average Bonchev–Trinajstić information content (AvgIpc) is 2.74. The van der Waals surface area contributed by atoms with Crippen molar-refractivity contribution < 1.29 is 23.7 Å². The quantitative estimate of drug-likeness (QED) is 0.665. The van der Waals surface area contributed by atoms with Gasteiger partial charge in [-0.25, -0.2) is 30.3 Å². The zero-order chi connectivity index (χ0) is 22.2. The minimum atomic E-state index is -0.717. The first-order valence-electron chi connectivity index (χ1n) is 9.20. The Morgan fingerprint density at radius 1 is 0.968 bits per heavy atom. The molecule has 0 atom stereocenters.